The predicted octanol–water partition coefficient (Wildman–Crippen LogP) is 11.1. The highest BCUT2D eigenvalue weighted by Crippen LogP contribution is 2.38. The summed E-state index contributed by atoms with van der Waals surface area (Å²) in [6.07, 6.45) is 44.3. The van der Waals surface area contributed by atoms with Crippen LogP contribution in [0.15, 0.2) is 72.9 Å². The van der Waals surface area contributed by atoms with E-state index in [1.807, 2.05) is 63.7 Å². The van der Waals surface area contributed by atoms with Gasteiger partial charge in [0.05, 0.1) is 40.0 Å². The lowest BCUT2D eigenvalue weighted by Gasteiger charge is -2.28. The van der Waals surface area contributed by atoms with Crippen LogP contribution in [-0.2, 0) is 32.7 Å². The number of unbranched alkanes of at least 4 members (excludes halogenated alkanes) is 17. The van der Waals surface area contributed by atoms with Crippen LogP contribution >= 0.6 is 7.82 Å². The lowest BCUT2D eigenvalue weighted by Crippen LogP contribution is -2.37. The van der Waals surface area contributed by atoms with E-state index in [2.05, 4.69) is 13.8 Å². The molecular weight excluding hydrogens is 806 g/mol. The van der Waals surface area contributed by atoms with E-state index in [9.17, 15) is 29.3 Å². The normalized spacial score (nSPS) is 15.2. The van der Waals surface area contributed by atoms with Crippen molar-refractivity contribution in [3.8, 4) is 0 Å². The van der Waals surface area contributed by atoms with Crippen LogP contribution in [0.5, 0.6) is 0 Å². The molecule has 0 aliphatic carbocycles. The number of esters is 2. The summed E-state index contributed by atoms with van der Waals surface area (Å²) < 4.78 is 33.8. The Kier molecular flexibility index (Phi) is 39.4. The van der Waals surface area contributed by atoms with Gasteiger partial charge in [0.2, 0.25) is 0 Å². The molecule has 0 saturated heterocycles. The first kappa shape index (κ1) is 59.4. The molecule has 0 aliphatic heterocycles. The van der Waals surface area contributed by atoms with Crippen molar-refractivity contribution in [2.75, 3.05) is 47.5 Å². The Hall–Kier alpha value is -2.63. The zero-order valence-corrected chi connectivity index (χ0v) is 40.4. The number of ether oxygens (including phenoxy) is 2. The van der Waals surface area contributed by atoms with Gasteiger partial charge >= 0.3 is 11.9 Å². The van der Waals surface area contributed by atoms with Crippen LogP contribution < -0.4 is 4.89 Å². The van der Waals surface area contributed by atoms with Gasteiger partial charge in [-0.3, -0.25) is 14.2 Å². The van der Waals surface area contributed by atoms with E-state index in [4.69, 9.17) is 18.5 Å². The van der Waals surface area contributed by atoms with Crippen molar-refractivity contribution in [1.82, 2.24) is 0 Å². The maximum atomic E-state index is 12.7. The highest BCUT2D eigenvalue weighted by Gasteiger charge is 2.21. The van der Waals surface area contributed by atoms with Crippen LogP contribution in [0.4, 0.5) is 0 Å². The van der Waals surface area contributed by atoms with Gasteiger partial charge in [-0.15, -0.1) is 0 Å². The van der Waals surface area contributed by atoms with E-state index in [0.717, 1.165) is 25.7 Å². The number of hydrogen-bond acceptors (Lipinski definition) is 10. The molecule has 4 atom stereocenters. The first-order chi connectivity index (χ1) is 29.8. The van der Waals surface area contributed by atoms with Crippen molar-refractivity contribution in [3.63, 3.8) is 0 Å². The molecule has 0 saturated carbocycles. The number of aliphatic hydroxyl groups excluding tert-OH is 2. The number of carbonyl (C=O) groups excluding carboxylic acids is 2. The van der Waals surface area contributed by atoms with Gasteiger partial charge in [-0.1, -0.05) is 189 Å². The van der Waals surface area contributed by atoms with Gasteiger partial charge < -0.3 is 38.1 Å². The quantitative estimate of drug-likeness (QED) is 0.0151. The second-order valence-corrected chi connectivity index (χ2v) is 18.6. The van der Waals surface area contributed by atoms with E-state index in [0.29, 0.717) is 43.1 Å². The molecule has 0 bridgehead atoms. The van der Waals surface area contributed by atoms with E-state index >= 15 is 0 Å². The van der Waals surface area contributed by atoms with Gasteiger partial charge in [0.25, 0.3) is 7.82 Å². The highest BCUT2D eigenvalue weighted by atomic mass is 31.2. The first-order valence-electron chi connectivity index (χ1n) is 23.9. The summed E-state index contributed by atoms with van der Waals surface area (Å²) in [7, 11) is 1.05. The van der Waals surface area contributed by atoms with E-state index in [1.54, 1.807) is 30.4 Å². The van der Waals surface area contributed by atoms with Crippen LogP contribution in [0.2, 0.25) is 0 Å². The first-order valence-corrected chi connectivity index (χ1v) is 25.3. The van der Waals surface area contributed by atoms with Gasteiger partial charge in [0.15, 0.2) is 6.10 Å². The molecule has 2 N–H and O–H groups in total. The number of rotatable bonds is 42. The van der Waals surface area contributed by atoms with Crippen molar-refractivity contribution >= 4 is 19.8 Å². The summed E-state index contributed by atoms with van der Waals surface area (Å²) in [6.45, 7) is 3.82. The number of phosphoric ester groups is 1. The molecule has 0 aliphatic rings. The van der Waals surface area contributed by atoms with Crippen molar-refractivity contribution in [2.24, 2.45) is 0 Å². The summed E-state index contributed by atoms with van der Waals surface area (Å²) in [5.74, 6) is -1.02. The van der Waals surface area contributed by atoms with Crippen LogP contribution in [0.1, 0.15) is 168 Å². The maximum absolute atomic E-state index is 12.7. The molecule has 12 heteroatoms. The number of likely N-dealkylation sites (N-methyl/N-ethyl adjacent to an activating group) is 1. The van der Waals surface area contributed by atoms with Crippen molar-refractivity contribution < 1.29 is 52.3 Å². The molecule has 0 amide bonds. The lowest BCUT2D eigenvalue weighted by molar-refractivity contribution is -0.870. The summed E-state index contributed by atoms with van der Waals surface area (Å²) in [4.78, 5) is 37.6. The van der Waals surface area contributed by atoms with Gasteiger partial charge in [0.1, 0.15) is 19.8 Å². The molecule has 0 rings (SSSR count). The number of phosphoric acid groups is 1. The van der Waals surface area contributed by atoms with Crippen LogP contribution in [-0.4, -0.2) is 92.5 Å². The Labute approximate surface area is 377 Å². The molecule has 0 spiro atoms. The fourth-order valence-electron chi connectivity index (χ4n) is 6.16. The summed E-state index contributed by atoms with van der Waals surface area (Å²) in [5.41, 5.74) is 0. The van der Waals surface area contributed by atoms with Crippen LogP contribution in [0.3, 0.4) is 0 Å². The Bertz CT molecular complexity index is 1320. The Morgan fingerprint density at radius 3 is 1.74 bits per heavy atom. The van der Waals surface area contributed by atoms with E-state index < -0.39 is 44.7 Å². The molecule has 0 fully saturated rings. The SMILES string of the molecule is CC/C=C\C[C@@H](O)/C=C/C=C\C/C=C\C=C\[C@@H](O)/C=C\CCCC(=O)OC[C@H](COP(=O)([O-])OCC[N+](C)(C)C)OC(=O)CCCCCCCCCCCCCCCCCCC. The van der Waals surface area contributed by atoms with Crippen LogP contribution in [0.25, 0.3) is 0 Å². The standard InChI is InChI=1S/C50H88NO10P/c1-6-8-10-11-12-13-14-15-16-17-18-19-20-21-25-28-34-41-50(55)61-48(45-60-62(56,57)59-43-42-51(3,4)5)44-58-49(54)40-35-29-33-39-47(53)38-32-27-24-22-23-26-31-37-46(52)36-30-9-7-2/h9,23-24,26-27,30-33,37-39,46-48,52-53H,6-8,10-22,25,28-29,34-36,40-45H2,1-5H3/b26-23-,27-24-,30-9-,37-31+,38-32+,39-33-/t46-,47-,48-/m1/s1. The second kappa shape index (κ2) is 41.1. The van der Waals surface area contributed by atoms with Gasteiger partial charge in [-0.2, -0.15) is 0 Å². The van der Waals surface area contributed by atoms with E-state index in [-0.39, 0.29) is 26.1 Å². The third-order valence-electron chi connectivity index (χ3n) is 9.92. The molecule has 11 nitrogen and oxygen atoms in total. The summed E-state index contributed by atoms with van der Waals surface area (Å²) in [5, 5.41) is 20.0. The Morgan fingerprint density at radius 2 is 1.18 bits per heavy atom. The predicted molar refractivity (Wildman–Crippen MR) is 252 cm³/mol. The molecule has 1 unspecified atom stereocenters. The zero-order chi connectivity index (χ0) is 46.0. The number of hydrogen-bond donors (Lipinski definition) is 2. The molecule has 358 valence electrons. The Morgan fingerprint density at radius 1 is 0.629 bits per heavy atom. The largest absolute Gasteiger partial charge is 0.756 e. The number of aliphatic hydroxyl groups is 2. The Balaban J connectivity index is 4.54. The molecule has 0 radical (unpaired) electrons. The fourth-order valence-corrected chi connectivity index (χ4v) is 6.89. The topological polar surface area (TPSA) is 152 Å². The zero-order valence-electron chi connectivity index (χ0n) is 39.5. The molecule has 0 aromatic carbocycles. The third-order valence-corrected chi connectivity index (χ3v) is 10.9. The lowest BCUT2D eigenvalue weighted by atomic mass is 10.0. The summed E-state index contributed by atoms with van der Waals surface area (Å²) >= 11 is 0. The average molecular weight is 894 g/mol. The van der Waals surface area contributed by atoms with Gasteiger partial charge in [0, 0.05) is 12.8 Å². The minimum absolute atomic E-state index is 0.0660. The molecule has 0 heterocycles. The fraction of sp³-hybridized carbons (Fsp3) is 0.720. The number of quaternary nitrogens is 1. The average Bonchev–Trinajstić information content (AvgIpc) is 3.21. The third kappa shape index (κ3) is 44.0. The minimum atomic E-state index is -4.68. The highest BCUT2D eigenvalue weighted by molar-refractivity contribution is 7.45. The molecular formula is C50H88NO10P. The second-order valence-electron chi connectivity index (χ2n) is 17.1. The van der Waals surface area contributed by atoms with Crippen molar-refractivity contribution in [2.45, 2.75) is 186 Å². The number of nitrogens with zero attached hydrogens (tertiary/aromatic N) is 1. The van der Waals surface area contributed by atoms with Gasteiger partial charge in [-0.25, -0.2) is 0 Å². The number of allylic oxidation sites excluding steroid dienone is 8. The van der Waals surface area contributed by atoms with Gasteiger partial charge in [-0.05, 0) is 38.5 Å². The molecule has 62 heavy (non-hydrogen) atoms. The minimum Gasteiger partial charge on any atom is -0.756 e. The monoisotopic (exact) mass is 894 g/mol. The summed E-state index contributed by atoms with van der Waals surface area (Å²) in [6, 6.07) is 0. The number of carbonyl (C=O) groups is 2. The smallest absolute Gasteiger partial charge is 0.306 e. The molecule has 0 aromatic rings. The maximum Gasteiger partial charge on any atom is 0.306 e. The van der Waals surface area contributed by atoms with E-state index in [1.165, 1.54) is 83.5 Å². The van der Waals surface area contributed by atoms with Crippen LogP contribution in [0, 0.1) is 0 Å². The molecule has 0 aromatic heterocycles. The van der Waals surface area contributed by atoms with Crippen molar-refractivity contribution in [3.05, 3.63) is 72.9 Å². The van der Waals surface area contributed by atoms with Crippen molar-refractivity contribution in [1.29, 1.82) is 0 Å².